The molecule has 5 rings (SSSR count). The SMILES string of the molecule is COc1ccc(-c2cc3c(N[C@@H]4CC[C@H](N)C4)c(C(N)=Nc4cc(F)ccc4Cl)cnn3c2)cn1.O=CO. The Bertz CT molecular complexity index is 1460. The second-order valence-electron chi connectivity index (χ2n) is 8.69. The maximum absolute atomic E-state index is 13.8. The minimum absolute atomic E-state index is 0.152. The number of anilines is 1. The van der Waals surface area contributed by atoms with Crippen molar-refractivity contribution in [2.45, 2.75) is 31.3 Å². The summed E-state index contributed by atoms with van der Waals surface area (Å²) in [6.07, 6.45) is 8.05. The first-order valence-corrected chi connectivity index (χ1v) is 12.1. The standard InChI is InChI=1S/C25H25ClFN7O.CH2O2/c1-35-23-7-2-14(11-30-23)15-8-22-24(32-18-5-4-17(28)10-18)19(12-31-34(22)13-15)25(29)33-21-9-16(27)3-6-20(21)26;2-1-3/h2-3,6-9,11-13,17-18,32H,4-5,10,28H2,1H3,(H2,29,33);1H,(H,2,3)/t17-,18+;/m0./s1. The van der Waals surface area contributed by atoms with Crippen LogP contribution >= 0.6 is 11.6 Å². The van der Waals surface area contributed by atoms with Gasteiger partial charge >= 0.3 is 0 Å². The number of methoxy groups -OCH3 is 1. The topological polar surface area (TPSA) is 153 Å². The third kappa shape index (κ3) is 6.01. The highest BCUT2D eigenvalue weighted by molar-refractivity contribution is 6.33. The van der Waals surface area contributed by atoms with Gasteiger partial charge in [0.25, 0.3) is 6.47 Å². The molecule has 3 heterocycles. The van der Waals surface area contributed by atoms with Gasteiger partial charge in [0, 0.05) is 47.7 Å². The zero-order chi connectivity index (χ0) is 27.2. The largest absolute Gasteiger partial charge is 0.483 e. The number of aliphatic imine (C=N–C) groups is 1. The van der Waals surface area contributed by atoms with Gasteiger partial charge in [-0.05, 0) is 43.5 Å². The molecule has 0 amide bonds. The van der Waals surface area contributed by atoms with Crippen LogP contribution in [0.15, 0.2) is 60.0 Å². The number of hydrogen-bond donors (Lipinski definition) is 4. The summed E-state index contributed by atoms with van der Waals surface area (Å²) in [5, 5.41) is 15.4. The normalized spacial score (nSPS) is 17.1. The van der Waals surface area contributed by atoms with E-state index in [0.29, 0.717) is 16.5 Å². The van der Waals surface area contributed by atoms with E-state index in [0.717, 1.165) is 41.6 Å². The Balaban J connectivity index is 0.00000107. The van der Waals surface area contributed by atoms with Crippen LogP contribution in [-0.2, 0) is 4.79 Å². The molecule has 0 unspecified atom stereocenters. The van der Waals surface area contributed by atoms with E-state index in [2.05, 4.69) is 20.4 Å². The van der Waals surface area contributed by atoms with Gasteiger partial charge in [0.05, 0.1) is 40.8 Å². The van der Waals surface area contributed by atoms with Gasteiger partial charge < -0.3 is 26.6 Å². The predicted molar refractivity (Wildman–Crippen MR) is 145 cm³/mol. The fraction of sp³-hybridized carbons (Fsp3) is 0.231. The van der Waals surface area contributed by atoms with Gasteiger partial charge in [-0.3, -0.25) is 4.79 Å². The highest BCUT2D eigenvalue weighted by atomic mass is 35.5. The molecule has 0 bridgehead atoms. The fourth-order valence-corrected chi connectivity index (χ4v) is 4.51. The predicted octanol–water partition coefficient (Wildman–Crippen LogP) is 4.23. The molecule has 1 aliphatic carbocycles. The molecule has 2 atom stereocenters. The monoisotopic (exact) mass is 539 g/mol. The lowest BCUT2D eigenvalue weighted by Crippen LogP contribution is -2.24. The van der Waals surface area contributed by atoms with Crippen molar-refractivity contribution in [3.05, 3.63) is 71.4 Å². The van der Waals surface area contributed by atoms with Crippen molar-refractivity contribution in [2.24, 2.45) is 16.5 Å². The molecule has 0 aliphatic heterocycles. The summed E-state index contributed by atoms with van der Waals surface area (Å²) < 4.78 is 20.7. The first-order valence-electron chi connectivity index (χ1n) is 11.7. The van der Waals surface area contributed by atoms with E-state index < -0.39 is 5.82 Å². The molecule has 1 aliphatic rings. The highest BCUT2D eigenvalue weighted by Crippen LogP contribution is 2.32. The molecular weight excluding hydrogens is 513 g/mol. The summed E-state index contributed by atoms with van der Waals surface area (Å²) in [5.41, 5.74) is 16.9. The summed E-state index contributed by atoms with van der Waals surface area (Å²) in [6.45, 7) is -0.250. The van der Waals surface area contributed by atoms with Gasteiger partial charge in [-0.25, -0.2) is 18.9 Å². The highest BCUT2D eigenvalue weighted by Gasteiger charge is 2.24. The van der Waals surface area contributed by atoms with Crippen LogP contribution in [0.5, 0.6) is 5.88 Å². The Kier molecular flexibility index (Phi) is 8.39. The number of hydrogen-bond acceptors (Lipinski definition) is 7. The van der Waals surface area contributed by atoms with Crippen molar-refractivity contribution >= 4 is 40.8 Å². The molecule has 198 valence electrons. The summed E-state index contributed by atoms with van der Waals surface area (Å²) >= 11 is 6.22. The molecule has 0 radical (unpaired) electrons. The number of nitrogens with zero attached hydrogens (tertiary/aromatic N) is 4. The summed E-state index contributed by atoms with van der Waals surface area (Å²) in [5.74, 6) is 0.265. The first kappa shape index (κ1) is 26.8. The molecule has 38 heavy (non-hydrogen) atoms. The molecule has 1 aromatic carbocycles. The van der Waals surface area contributed by atoms with E-state index >= 15 is 0 Å². The summed E-state index contributed by atoms with van der Waals surface area (Å²) in [6, 6.07) is 10.1. The average Bonchev–Trinajstić information content (AvgIpc) is 3.53. The van der Waals surface area contributed by atoms with Gasteiger partial charge in [-0.1, -0.05) is 11.6 Å². The number of nitrogens with one attached hydrogen (secondary N) is 1. The molecule has 4 aromatic rings. The van der Waals surface area contributed by atoms with Crippen LogP contribution in [-0.4, -0.2) is 51.2 Å². The van der Waals surface area contributed by atoms with Crippen LogP contribution in [0.2, 0.25) is 5.02 Å². The Hall–Kier alpha value is -4.22. The number of benzene rings is 1. The Morgan fingerprint density at radius 2 is 2.05 bits per heavy atom. The second kappa shape index (κ2) is 11.9. The number of halogens is 2. The average molecular weight is 540 g/mol. The van der Waals surface area contributed by atoms with Crippen molar-refractivity contribution in [2.75, 3.05) is 12.4 Å². The molecule has 0 saturated heterocycles. The third-order valence-electron chi connectivity index (χ3n) is 6.16. The number of amidine groups is 1. The third-order valence-corrected chi connectivity index (χ3v) is 6.48. The van der Waals surface area contributed by atoms with Crippen LogP contribution in [0.3, 0.4) is 0 Å². The van der Waals surface area contributed by atoms with Gasteiger partial charge in [-0.2, -0.15) is 5.10 Å². The van der Waals surface area contributed by atoms with E-state index in [1.54, 1.807) is 24.0 Å². The minimum Gasteiger partial charge on any atom is -0.483 e. The van der Waals surface area contributed by atoms with Gasteiger partial charge in [0.1, 0.15) is 11.7 Å². The van der Waals surface area contributed by atoms with Crippen molar-refractivity contribution in [3.63, 3.8) is 0 Å². The zero-order valence-electron chi connectivity index (χ0n) is 20.5. The molecule has 10 nitrogen and oxygen atoms in total. The Labute approximate surface area is 223 Å². The van der Waals surface area contributed by atoms with Crippen LogP contribution in [0.4, 0.5) is 15.8 Å². The number of ether oxygens (including phenoxy) is 1. The molecule has 1 saturated carbocycles. The van der Waals surface area contributed by atoms with Crippen LogP contribution in [0.25, 0.3) is 16.6 Å². The molecule has 1 fully saturated rings. The number of fused-ring (bicyclic) bond motifs is 1. The Morgan fingerprint density at radius 3 is 2.71 bits per heavy atom. The van der Waals surface area contributed by atoms with E-state index in [4.69, 9.17) is 37.7 Å². The van der Waals surface area contributed by atoms with Gasteiger partial charge in [-0.15, -0.1) is 0 Å². The summed E-state index contributed by atoms with van der Waals surface area (Å²) in [4.78, 5) is 17.1. The maximum Gasteiger partial charge on any atom is 0.290 e. The lowest BCUT2D eigenvalue weighted by atomic mass is 10.1. The number of aromatic nitrogens is 3. The van der Waals surface area contributed by atoms with Crippen LogP contribution in [0, 0.1) is 5.82 Å². The van der Waals surface area contributed by atoms with Crippen molar-refractivity contribution < 1.29 is 19.0 Å². The number of carbonyl (C=O) groups is 1. The zero-order valence-corrected chi connectivity index (χ0v) is 21.3. The quantitative estimate of drug-likeness (QED) is 0.161. The first-order chi connectivity index (χ1) is 18.3. The Morgan fingerprint density at radius 1 is 1.26 bits per heavy atom. The van der Waals surface area contributed by atoms with Gasteiger partial charge in [0.2, 0.25) is 5.88 Å². The number of nitrogens with two attached hydrogens (primary N) is 2. The maximum atomic E-state index is 13.8. The summed E-state index contributed by atoms with van der Waals surface area (Å²) in [7, 11) is 1.58. The van der Waals surface area contributed by atoms with Crippen LogP contribution in [0.1, 0.15) is 24.8 Å². The minimum atomic E-state index is -0.447. The van der Waals surface area contributed by atoms with E-state index in [9.17, 15) is 4.39 Å². The molecule has 6 N–H and O–H groups in total. The fourth-order valence-electron chi connectivity index (χ4n) is 4.35. The van der Waals surface area contributed by atoms with E-state index in [-0.39, 0.29) is 30.1 Å². The smallest absolute Gasteiger partial charge is 0.290 e. The molecule has 3 aromatic heterocycles. The molecule has 0 spiro atoms. The molecular formula is C26H27ClFN7O3. The van der Waals surface area contributed by atoms with Crippen molar-refractivity contribution in [1.82, 2.24) is 14.6 Å². The lowest BCUT2D eigenvalue weighted by molar-refractivity contribution is -0.122. The number of carboxylic acid groups (broad SMARTS) is 1. The number of pyridine rings is 1. The molecule has 12 heteroatoms. The van der Waals surface area contributed by atoms with E-state index in [1.165, 1.54) is 18.2 Å². The van der Waals surface area contributed by atoms with Crippen molar-refractivity contribution in [1.29, 1.82) is 0 Å². The second-order valence-corrected chi connectivity index (χ2v) is 9.10. The lowest BCUT2D eigenvalue weighted by Gasteiger charge is -2.18. The van der Waals surface area contributed by atoms with Gasteiger partial charge in [0.15, 0.2) is 0 Å². The van der Waals surface area contributed by atoms with E-state index in [1.807, 2.05) is 24.4 Å². The van der Waals surface area contributed by atoms with Crippen molar-refractivity contribution in [3.8, 4) is 17.0 Å². The number of rotatable bonds is 6. The van der Waals surface area contributed by atoms with Crippen LogP contribution < -0.4 is 21.5 Å².